The summed E-state index contributed by atoms with van der Waals surface area (Å²) in [5, 5.41) is 10.7. The molecule has 0 unspecified atom stereocenters. The van der Waals surface area contributed by atoms with Crippen molar-refractivity contribution in [3.05, 3.63) is 87.9 Å². The van der Waals surface area contributed by atoms with Gasteiger partial charge in [-0.2, -0.15) is 0 Å². The van der Waals surface area contributed by atoms with Crippen LogP contribution < -0.4 is 0 Å². The van der Waals surface area contributed by atoms with Crippen molar-refractivity contribution in [2.75, 3.05) is 0 Å². The van der Waals surface area contributed by atoms with Crippen molar-refractivity contribution >= 4 is 28.4 Å². The molecule has 4 aromatic rings. The summed E-state index contributed by atoms with van der Waals surface area (Å²) < 4.78 is 6.02. The number of furan rings is 1. The van der Waals surface area contributed by atoms with Crippen LogP contribution in [0.5, 0.6) is 5.75 Å². The molecule has 0 saturated carbocycles. The number of hydrogen-bond acceptors (Lipinski definition) is 3. The molecule has 0 aliphatic carbocycles. The third kappa shape index (κ3) is 3.11. The van der Waals surface area contributed by atoms with E-state index in [1.165, 1.54) is 0 Å². The van der Waals surface area contributed by atoms with E-state index in [-0.39, 0.29) is 11.5 Å². The van der Waals surface area contributed by atoms with Crippen LogP contribution >= 0.6 is 11.6 Å². The molecule has 4 heteroatoms. The standard InChI is InChI=1S/C23H17ClO3/c1-13-10-14(2)12-16(11-13)22(26)21-20-18(24)4-3-5-19(20)27-23(21)15-6-8-17(25)9-7-15/h3-12,25H,1-2H3. The summed E-state index contributed by atoms with van der Waals surface area (Å²) in [6.45, 7) is 3.93. The lowest BCUT2D eigenvalue weighted by molar-refractivity contribution is 0.104. The van der Waals surface area contributed by atoms with Gasteiger partial charge in [0, 0.05) is 11.1 Å². The van der Waals surface area contributed by atoms with E-state index in [4.69, 9.17) is 16.0 Å². The number of rotatable bonds is 3. The number of phenols is 1. The monoisotopic (exact) mass is 376 g/mol. The van der Waals surface area contributed by atoms with Gasteiger partial charge in [-0.3, -0.25) is 4.79 Å². The number of aromatic hydroxyl groups is 1. The quantitative estimate of drug-likeness (QED) is 0.426. The van der Waals surface area contributed by atoms with Gasteiger partial charge in [-0.1, -0.05) is 34.9 Å². The molecule has 0 saturated heterocycles. The van der Waals surface area contributed by atoms with E-state index < -0.39 is 0 Å². The van der Waals surface area contributed by atoms with Gasteiger partial charge in [-0.25, -0.2) is 0 Å². The molecule has 0 aliphatic heterocycles. The molecular formula is C23H17ClO3. The number of fused-ring (bicyclic) bond motifs is 1. The molecule has 4 rings (SSSR count). The summed E-state index contributed by atoms with van der Waals surface area (Å²) in [5.41, 5.74) is 4.32. The van der Waals surface area contributed by atoms with Crippen molar-refractivity contribution in [1.82, 2.24) is 0 Å². The number of hydrogen-bond donors (Lipinski definition) is 1. The Morgan fingerprint density at radius 2 is 1.63 bits per heavy atom. The second-order valence-corrected chi connectivity index (χ2v) is 7.08. The van der Waals surface area contributed by atoms with E-state index in [2.05, 4.69) is 0 Å². The zero-order chi connectivity index (χ0) is 19.1. The van der Waals surface area contributed by atoms with Gasteiger partial charge < -0.3 is 9.52 Å². The Hall–Kier alpha value is -3.04. The van der Waals surface area contributed by atoms with Crippen LogP contribution in [0.4, 0.5) is 0 Å². The normalized spacial score (nSPS) is 11.1. The van der Waals surface area contributed by atoms with E-state index in [9.17, 15) is 9.90 Å². The summed E-state index contributed by atoms with van der Waals surface area (Å²) in [4.78, 5) is 13.5. The predicted octanol–water partition coefficient (Wildman–Crippen LogP) is 6.31. The van der Waals surface area contributed by atoms with Crippen molar-refractivity contribution in [2.24, 2.45) is 0 Å². The summed E-state index contributed by atoms with van der Waals surface area (Å²) in [6, 6.07) is 17.7. The molecule has 3 aromatic carbocycles. The Kier molecular flexibility index (Phi) is 4.25. The highest BCUT2D eigenvalue weighted by atomic mass is 35.5. The third-order valence-corrected chi connectivity index (χ3v) is 4.82. The maximum atomic E-state index is 13.5. The van der Waals surface area contributed by atoms with Gasteiger partial charge in [0.05, 0.1) is 16.0 Å². The molecule has 0 aliphatic rings. The molecule has 1 heterocycles. The third-order valence-electron chi connectivity index (χ3n) is 4.50. The molecule has 0 atom stereocenters. The van der Waals surface area contributed by atoms with E-state index >= 15 is 0 Å². The van der Waals surface area contributed by atoms with Crippen LogP contribution in [0.3, 0.4) is 0 Å². The second kappa shape index (κ2) is 6.60. The van der Waals surface area contributed by atoms with Crippen molar-refractivity contribution in [2.45, 2.75) is 13.8 Å². The van der Waals surface area contributed by atoms with Crippen LogP contribution in [0.25, 0.3) is 22.3 Å². The molecule has 0 radical (unpaired) electrons. The average Bonchev–Trinajstić information content (AvgIpc) is 3.01. The number of phenolic OH excluding ortho intramolecular Hbond substituents is 1. The zero-order valence-electron chi connectivity index (χ0n) is 14.9. The molecule has 0 bridgehead atoms. The molecule has 0 spiro atoms. The number of halogens is 1. The van der Waals surface area contributed by atoms with Crippen LogP contribution in [0.2, 0.25) is 5.02 Å². The van der Waals surface area contributed by atoms with Crippen LogP contribution in [-0.4, -0.2) is 10.9 Å². The number of aryl methyl sites for hydroxylation is 2. The molecule has 3 nitrogen and oxygen atoms in total. The van der Waals surface area contributed by atoms with Crippen molar-refractivity contribution in [1.29, 1.82) is 0 Å². The van der Waals surface area contributed by atoms with Crippen LogP contribution in [0.15, 0.2) is 65.1 Å². The highest BCUT2D eigenvalue weighted by molar-refractivity contribution is 6.37. The fraction of sp³-hybridized carbons (Fsp3) is 0.0870. The largest absolute Gasteiger partial charge is 0.508 e. The Morgan fingerprint density at radius 3 is 2.30 bits per heavy atom. The lowest BCUT2D eigenvalue weighted by atomic mass is 9.95. The van der Waals surface area contributed by atoms with E-state index in [0.29, 0.717) is 38.4 Å². The van der Waals surface area contributed by atoms with Gasteiger partial charge in [0.25, 0.3) is 0 Å². The first kappa shape index (κ1) is 17.4. The van der Waals surface area contributed by atoms with Gasteiger partial charge in [-0.15, -0.1) is 0 Å². The maximum Gasteiger partial charge on any atom is 0.197 e. The number of benzene rings is 3. The first-order valence-corrected chi connectivity index (χ1v) is 8.95. The van der Waals surface area contributed by atoms with Gasteiger partial charge in [0.2, 0.25) is 0 Å². The first-order chi connectivity index (χ1) is 12.9. The molecule has 27 heavy (non-hydrogen) atoms. The van der Waals surface area contributed by atoms with Crippen LogP contribution in [0.1, 0.15) is 27.0 Å². The Balaban J connectivity index is 2.01. The highest BCUT2D eigenvalue weighted by Gasteiger charge is 2.25. The minimum absolute atomic E-state index is 0.142. The molecule has 0 fully saturated rings. The lowest BCUT2D eigenvalue weighted by Gasteiger charge is -2.07. The number of ketones is 1. The first-order valence-electron chi connectivity index (χ1n) is 8.57. The van der Waals surface area contributed by atoms with Gasteiger partial charge in [-0.05, 0) is 62.4 Å². The summed E-state index contributed by atoms with van der Waals surface area (Å²) >= 11 is 6.43. The lowest BCUT2D eigenvalue weighted by Crippen LogP contribution is -2.03. The second-order valence-electron chi connectivity index (χ2n) is 6.67. The fourth-order valence-corrected chi connectivity index (χ4v) is 3.65. The highest BCUT2D eigenvalue weighted by Crippen LogP contribution is 2.39. The zero-order valence-corrected chi connectivity index (χ0v) is 15.7. The smallest absolute Gasteiger partial charge is 0.197 e. The fourth-order valence-electron chi connectivity index (χ4n) is 3.39. The molecule has 1 aromatic heterocycles. The van der Waals surface area contributed by atoms with E-state index in [1.807, 2.05) is 32.0 Å². The van der Waals surface area contributed by atoms with E-state index in [0.717, 1.165) is 11.1 Å². The summed E-state index contributed by atoms with van der Waals surface area (Å²) in [7, 11) is 0. The van der Waals surface area contributed by atoms with Gasteiger partial charge >= 0.3 is 0 Å². The maximum absolute atomic E-state index is 13.5. The topological polar surface area (TPSA) is 50.4 Å². The minimum atomic E-state index is -0.142. The van der Waals surface area contributed by atoms with Crippen LogP contribution in [0, 0.1) is 13.8 Å². The Bertz CT molecular complexity index is 1150. The number of carbonyl (C=O) groups is 1. The molecular weight excluding hydrogens is 360 g/mol. The molecule has 0 amide bonds. The molecule has 1 N–H and O–H groups in total. The number of carbonyl (C=O) groups excluding carboxylic acids is 1. The SMILES string of the molecule is Cc1cc(C)cc(C(=O)c2c(-c3ccc(O)cc3)oc3cccc(Cl)c23)c1. The summed E-state index contributed by atoms with van der Waals surface area (Å²) in [6.07, 6.45) is 0. The Labute approximate surface area is 161 Å². The minimum Gasteiger partial charge on any atom is -0.508 e. The molecule has 134 valence electrons. The van der Waals surface area contributed by atoms with Gasteiger partial charge in [0.1, 0.15) is 17.1 Å². The Morgan fingerprint density at radius 1 is 0.963 bits per heavy atom. The van der Waals surface area contributed by atoms with E-state index in [1.54, 1.807) is 42.5 Å². The van der Waals surface area contributed by atoms with Gasteiger partial charge in [0.15, 0.2) is 5.78 Å². The van der Waals surface area contributed by atoms with Crippen molar-refractivity contribution in [3.8, 4) is 17.1 Å². The summed E-state index contributed by atoms with van der Waals surface area (Å²) in [5.74, 6) is 0.453. The van der Waals surface area contributed by atoms with Crippen LogP contribution in [-0.2, 0) is 0 Å². The average molecular weight is 377 g/mol. The van der Waals surface area contributed by atoms with Crippen molar-refractivity contribution in [3.63, 3.8) is 0 Å². The van der Waals surface area contributed by atoms with Crippen molar-refractivity contribution < 1.29 is 14.3 Å². The predicted molar refractivity (Wildman–Crippen MR) is 108 cm³/mol.